The van der Waals surface area contributed by atoms with Crippen LogP contribution < -0.4 is 5.73 Å². The average Bonchev–Trinajstić information content (AvgIpc) is 2.27. The zero-order chi connectivity index (χ0) is 11.4. The summed E-state index contributed by atoms with van der Waals surface area (Å²) in [5.41, 5.74) is 6.33. The van der Waals surface area contributed by atoms with Crippen LogP contribution in [-0.2, 0) is 0 Å². The van der Waals surface area contributed by atoms with Gasteiger partial charge in [-0.05, 0) is 18.2 Å². The number of aliphatic hydroxyl groups excluding tert-OH is 3. The summed E-state index contributed by atoms with van der Waals surface area (Å²) in [5, 5.41) is 36.3. The van der Waals surface area contributed by atoms with E-state index < -0.39 is 18.8 Å². The van der Waals surface area contributed by atoms with Crippen molar-refractivity contribution in [3.63, 3.8) is 0 Å². The summed E-state index contributed by atoms with van der Waals surface area (Å²) in [6.45, 7) is -0.583. The first-order chi connectivity index (χ1) is 7.10. The molecule has 1 rings (SSSR count). The molecule has 0 fully saturated rings. The first kappa shape index (κ1) is 11.5. The molecule has 15 heavy (non-hydrogen) atoms. The molecule has 0 radical (unpaired) electrons. The lowest BCUT2D eigenvalue weighted by molar-refractivity contribution is -0.0153. The van der Waals surface area contributed by atoms with E-state index >= 15 is 0 Å². The summed E-state index contributed by atoms with van der Waals surface area (Å²) < 4.78 is 0. The summed E-state index contributed by atoms with van der Waals surface area (Å²) in [5.74, 6) is 0. The standard InChI is InChI=1S/C10H12N2O3/c11-4-6-1-2-7(12)3-8(6)10(15)9(14)5-13/h1-3,9-10,13-15H,5,12H2. The Labute approximate surface area is 87.0 Å². The topological polar surface area (TPSA) is 111 Å². The Hall–Kier alpha value is -1.61. The van der Waals surface area contributed by atoms with E-state index in [0.717, 1.165) is 0 Å². The minimum absolute atomic E-state index is 0.221. The normalized spacial score (nSPS) is 14.3. The smallest absolute Gasteiger partial charge is 0.108 e. The molecule has 0 aliphatic rings. The van der Waals surface area contributed by atoms with Crippen LogP contribution in [0.3, 0.4) is 0 Å². The molecular weight excluding hydrogens is 196 g/mol. The van der Waals surface area contributed by atoms with Crippen molar-refractivity contribution in [2.24, 2.45) is 0 Å². The highest BCUT2D eigenvalue weighted by Gasteiger charge is 2.20. The molecule has 0 bridgehead atoms. The fraction of sp³-hybridized carbons (Fsp3) is 0.300. The first-order valence-corrected chi connectivity index (χ1v) is 4.36. The molecular formula is C10H12N2O3. The van der Waals surface area contributed by atoms with Crippen molar-refractivity contribution in [1.82, 2.24) is 0 Å². The number of nitrogen functional groups attached to an aromatic ring is 1. The molecule has 5 N–H and O–H groups in total. The number of aliphatic hydroxyl groups is 3. The predicted octanol–water partition coefficient (Wildman–Crippen LogP) is -0.473. The van der Waals surface area contributed by atoms with Crippen LogP contribution in [0.25, 0.3) is 0 Å². The summed E-state index contributed by atoms with van der Waals surface area (Å²) in [6.07, 6.45) is -2.63. The molecule has 1 aromatic rings. The molecule has 0 saturated carbocycles. The zero-order valence-corrected chi connectivity index (χ0v) is 7.96. The molecule has 5 nitrogen and oxygen atoms in total. The van der Waals surface area contributed by atoms with Crippen LogP contribution in [0.2, 0.25) is 0 Å². The second-order valence-electron chi connectivity index (χ2n) is 3.15. The average molecular weight is 208 g/mol. The first-order valence-electron chi connectivity index (χ1n) is 4.36. The SMILES string of the molecule is N#Cc1ccc(N)cc1C(O)C(O)CO. The summed E-state index contributed by atoms with van der Waals surface area (Å²) in [7, 11) is 0. The van der Waals surface area contributed by atoms with Crippen molar-refractivity contribution < 1.29 is 15.3 Å². The van der Waals surface area contributed by atoms with E-state index in [1.165, 1.54) is 18.2 Å². The van der Waals surface area contributed by atoms with Gasteiger partial charge >= 0.3 is 0 Å². The molecule has 80 valence electrons. The Morgan fingerprint density at radius 3 is 2.60 bits per heavy atom. The van der Waals surface area contributed by atoms with Gasteiger partial charge in [-0.25, -0.2) is 0 Å². The maximum atomic E-state index is 9.61. The van der Waals surface area contributed by atoms with E-state index in [0.29, 0.717) is 5.69 Å². The third-order valence-electron chi connectivity index (χ3n) is 2.07. The van der Waals surface area contributed by atoms with Gasteiger partial charge in [0.1, 0.15) is 12.2 Å². The van der Waals surface area contributed by atoms with Gasteiger partial charge in [0.15, 0.2) is 0 Å². The van der Waals surface area contributed by atoms with Crippen molar-refractivity contribution in [3.8, 4) is 6.07 Å². The maximum Gasteiger partial charge on any atom is 0.108 e. The van der Waals surface area contributed by atoms with E-state index in [1.54, 1.807) is 0 Å². The van der Waals surface area contributed by atoms with Crippen LogP contribution in [0.5, 0.6) is 0 Å². The Bertz CT molecular complexity index is 387. The highest BCUT2D eigenvalue weighted by Crippen LogP contribution is 2.23. The number of hydrogen-bond donors (Lipinski definition) is 4. The quantitative estimate of drug-likeness (QED) is 0.502. The lowest BCUT2D eigenvalue weighted by atomic mass is 9.99. The van der Waals surface area contributed by atoms with Gasteiger partial charge in [0, 0.05) is 11.3 Å². The second-order valence-corrected chi connectivity index (χ2v) is 3.15. The predicted molar refractivity (Wildman–Crippen MR) is 53.6 cm³/mol. The number of nitrogens with zero attached hydrogens (tertiary/aromatic N) is 1. The number of anilines is 1. The molecule has 0 spiro atoms. The van der Waals surface area contributed by atoms with Crippen molar-refractivity contribution >= 4 is 5.69 Å². The van der Waals surface area contributed by atoms with E-state index in [2.05, 4.69) is 0 Å². The van der Waals surface area contributed by atoms with Crippen molar-refractivity contribution in [2.45, 2.75) is 12.2 Å². The molecule has 0 heterocycles. The highest BCUT2D eigenvalue weighted by molar-refractivity contribution is 5.50. The van der Waals surface area contributed by atoms with Gasteiger partial charge in [-0.3, -0.25) is 0 Å². The minimum atomic E-state index is -1.32. The van der Waals surface area contributed by atoms with Gasteiger partial charge in [-0.1, -0.05) is 0 Å². The number of nitrogens with two attached hydrogens (primary N) is 1. The molecule has 0 amide bonds. The molecule has 0 aliphatic carbocycles. The van der Waals surface area contributed by atoms with E-state index in [9.17, 15) is 10.2 Å². The molecule has 0 saturated heterocycles. The molecule has 5 heteroatoms. The fourth-order valence-electron chi connectivity index (χ4n) is 1.23. The van der Waals surface area contributed by atoms with Gasteiger partial charge < -0.3 is 21.1 Å². The Morgan fingerprint density at radius 2 is 2.07 bits per heavy atom. The van der Waals surface area contributed by atoms with Gasteiger partial charge in [0.25, 0.3) is 0 Å². The van der Waals surface area contributed by atoms with Crippen LogP contribution in [-0.4, -0.2) is 28.0 Å². The summed E-state index contributed by atoms with van der Waals surface area (Å²) in [4.78, 5) is 0. The molecule has 2 atom stereocenters. The largest absolute Gasteiger partial charge is 0.399 e. The fourth-order valence-corrected chi connectivity index (χ4v) is 1.23. The lowest BCUT2D eigenvalue weighted by Crippen LogP contribution is -2.22. The van der Waals surface area contributed by atoms with Crippen molar-refractivity contribution in [3.05, 3.63) is 29.3 Å². The molecule has 2 unspecified atom stereocenters. The Morgan fingerprint density at radius 1 is 1.40 bits per heavy atom. The highest BCUT2D eigenvalue weighted by atomic mass is 16.4. The number of rotatable bonds is 3. The van der Waals surface area contributed by atoms with E-state index in [-0.39, 0.29) is 11.1 Å². The maximum absolute atomic E-state index is 9.61. The monoisotopic (exact) mass is 208 g/mol. The van der Waals surface area contributed by atoms with Crippen LogP contribution in [0.1, 0.15) is 17.2 Å². The van der Waals surface area contributed by atoms with Crippen LogP contribution in [0.15, 0.2) is 18.2 Å². The summed E-state index contributed by atoms with van der Waals surface area (Å²) >= 11 is 0. The lowest BCUT2D eigenvalue weighted by Gasteiger charge is -2.17. The van der Waals surface area contributed by atoms with Crippen molar-refractivity contribution in [1.29, 1.82) is 5.26 Å². The summed E-state index contributed by atoms with van der Waals surface area (Å²) in [6, 6.07) is 6.26. The number of hydrogen-bond acceptors (Lipinski definition) is 5. The van der Waals surface area contributed by atoms with Gasteiger partial charge in [0.05, 0.1) is 18.2 Å². The van der Waals surface area contributed by atoms with Crippen LogP contribution in [0.4, 0.5) is 5.69 Å². The Balaban J connectivity index is 3.12. The third kappa shape index (κ3) is 2.44. The zero-order valence-electron chi connectivity index (χ0n) is 7.96. The molecule has 0 aliphatic heterocycles. The van der Waals surface area contributed by atoms with E-state index in [4.69, 9.17) is 16.1 Å². The number of benzene rings is 1. The van der Waals surface area contributed by atoms with E-state index in [1.807, 2.05) is 6.07 Å². The van der Waals surface area contributed by atoms with Crippen LogP contribution in [0, 0.1) is 11.3 Å². The second kappa shape index (κ2) is 4.75. The molecule has 1 aromatic carbocycles. The van der Waals surface area contributed by atoms with Crippen LogP contribution >= 0.6 is 0 Å². The van der Waals surface area contributed by atoms with Gasteiger partial charge in [-0.2, -0.15) is 5.26 Å². The van der Waals surface area contributed by atoms with Gasteiger partial charge in [0.2, 0.25) is 0 Å². The Kier molecular flexibility index (Phi) is 3.63. The molecule has 0 aromatic heterocycles. The van der Waals surface area contributed by atoms with Gasteiger partial charge in [-0.15, -0.1) is 0 Å². The number of nitriles is 1. The minimum Gasteiger partial charge on any atom is -0.399 e. The third-order valence-corrected chi connectivity index (χ3v) is 2.07. The van der Waals surface area contributed by atoms with Crippen molar-refractivity contribution in [2.75, 3.05) is 12.3 Å².